The fraction of sp³-hybridized carbons (Fsp3) is 0.333. The van der Waals surface area contributed by atoms with Gasteiger partial charge < -0.3 is 10.1 Å². The third kappa shape index (κ3) is 4.36. The molecule has 0 bridgehead atoms. The number of benzene rings is 1. The molecule has 144 valence electrons. The SMILES string of the molecule is Cc1nc(Oc2ccc(NC(=O)C3CCCCC3)cc2)cc(-n2cccn2)n1. The van der Waals surface area contributed by atoms with Gasteiger partial charge >= 0.3 is 0 Å². The monoisotopic (exact) mass is 377 g/mol. The van der Waals surface area contributed by atoms with Crippen LogP contribution >= 0.6 is 0 Å². The van der Waals surface area contributed by atoms with Crippen LogP contribution in [-0.2, 0) is 4.79 Å². The highest BCUT2D eigenvalue weighted by molar-refractivity contribution is 5.92. The summed E-state index contributed by atoms with van der Waals surface area (Å²) >= 11 is 0. The number of carbonyl (C=O) groups excluding carboxylic acids is 1. The summed E-state index contributed by atoms with van der Waals surface area (Å²) in [7, 11) is 0. The average Bonchev–Trinajstić information content (AvgIpc) is 3.25. The van der Waals surface area contributed by atoms with Gasteiger partial charge in [-0.25, -0.2) is 9.67 Å². The molecule has 0 saturated heterocycles. The molecule has 2 aromatic heterocycles. The van der Waals surface area contributed by atoms with Crippen molar-refractivity contribution in [3.63, 3.8) is 0 Å². The second-order valence-electron chi connectivity index (χ2n) is 7.01. The fourth-order valence-electron chi connectivity index (χ4n) is 3.44. The van der Waals surface area contributed by atoms with Crippen molar-refractivity contribution in [3.05, 3.63) is 54.6 Å². The lowest BCUT2D eigenvalue weighted by Crippen LogP contribution is -2.24. The van der Waals surface area contributed by atoms with E-state index in [2.05, 4.69) is 20.4 Å². The Balaban J connectivity index is 1.42. The summed E-state index contributed by atoms with van der Waals surface area (Å²) in [5.41, 5.74) is 0.777. The van der Waals surface area contributed by atoms with Crippen LogP contribution < -0.4 is 10.1 Å². The molecule has 1 amide bonds. The minimum Gasteiger partial charge on any atom is -0.439 e. The summed E-state index contributed by atoms with van der Waals surface area (Å²) in [5, 5.41) is 7.19. The summed E-state index contributed by atoms with van der Waals surface area (Å²) in [6, 6.07) is 10.9. The number of anilines is 1. The standard InChI is InChI=1S/C21H23N5O2/c1-15-23-19(26-13-5-12-22-26)14-20(24-15)28-18-10-8-17(9-11-18)25-21(27)16-6-3-2-4-7-16/h5,8-14,16H,2-4,6-7H2,1H3,(H,25,27). The van der Waals surface area contributed by atoms with E-state index in [1.807, 2.05) is 43.5 Å². The topological polar surface area (TPSA) is 81.9 Å². The van der Waals surface area contributed by atoms with Crippen LogP contribution in [0.25, 0.3) is 5.82 Å². The molecular weight excluding hydrogens is 354 g/mol. The first kappa shape index (κ1) is 18.2. The smallest absolute Gasteiger partial charge is 0.227 e. The molecule has 0 spiro atoms. The normalized spacial score (nSPS) is 14.6. The van der Waals surface area contributed by atoms with Gasteiger partial charge in [-0.1, -0.05) is 19.3 Å². The Kier molecular flexibility index (Phi) is 5.32. The van der Waals surface area contributed by atoms with Crippen molar-refractivity contribution < 1.29 is 9.53 Å². The van der Waals surface area contributed by atoms with Crippen LogP contribution in [0.15, 0.2) is 48.8 Å². The van der Waals surface area contributed by atoms with E-state index in [0.717, 1.165) is 31.4 Å². The van der Waals surface area contributed by atoms with Crippen molar-refractivity contribution >= 4 is 11.6 Å². The van der Waals surface area contributed by atoms with Crippen molar-refractivity contribution in [1.82, 2.24) is 19.7 Å². The van der Waals surface area contributed by atoms with Crippen LogP contribution in [-0.4, -0.2) is 25.7 Å². The molecule has 0 atom stereocenters. The number of aryl methyl sites for hydroxylation is 1. The third-order valence-corrected chi connectivity index (χ3v) is 4.86. The third-order valence-electron chi connectivity index (χ3n) is 4.86. The molecule has 2 heterocycles. The highest BCUT2D eigenvalue weighted by Gasteiger charge is 2.21. The van der Waals surface area contributed by atoms with E-state index in [9.17, 15) is 4.79 Å². The van der Waals surface area contributed by atoms with Crippen LogP contribution in [0.1, 0.15) is 37.9 Å². The lowest BCUT2D eigenvalue weighted by atomic mass is 9.88. The van der Waals surface area contributed by atoms with Gasteiger partial charge in [0.05, 0.1) is 0 Å². The molecule has 1 aliphatic rings. The first-order chi connectivity index (χ1) is 13.7. The average molecular weight is 377 g/mol. The lowest BCUT2D eigenvalue weighted by molar-refractivity contribution is -0.120. The Morgan fingerprint density at radius 3 is 2.64 bits per heavy atom. The van der Waals surface area contributed by atoms with Gasteiger partial charge in [0.1, 0.15) is 11.6 Å². The van der Waals surface area contributed by atoms with E-state index in [4.69, 9.17) is 4.74 Å². The number of hydrogen-bond donors (Lipinski definition) is 1. The van der Waals surface area contributed by atoms with E-state index in [0.29, 0.717) is 23.3 Å². The first-order valence-corrected chi connectivity index (χ1v) is 9.62. The number of amides is 1. The molecule has 1 fully saturated rings. The number of carbonyl (C=O) groups is 1. The molecule has 0 aliphatic heterocycles. The molecule has 0 unspecified atom stereocenters. The zero-order valence-corrected chi connectivity index (χ0v) is 15.8. The number of rotatable bonds is 5. The molecule has 4 rings (SSSR count). The van der Waals surface area contributed by atoms with E-state index in [1.54, 1.807) is 16.9 Å². The highest BCUT2D eigenvalue weighted by atomic mass is 16.5. The summed E-state index contributed by atoms with van der Waals surface area (Å²) in [6.07, 6.45) is 9.00. The summed E-state index contributed by atoms with van der Waals surface area (Å²) < 4.78 is 7.53. The fourth-order valence-corrected chi connectivity index (χ4v) is 3.44. The number of nitrogens with one attached hydrogen (secondary N) is 1. The number of nitrogens with zero attached hydrogens (tertiary/aromatic N) is 4. The maximum Gasteiger partial charge on any atom is 0.227 e. The van der Waals surface area contributed by atoms with E-state index >= 15 is 0 Å². The molecule has 1 aromatic carbocycles. The Bertz CT molecular complexity index is 932. The maximum atomic E-state index is 12.4. The van der Waals surface area contributed by atoms with Crippen molar-refractivity contribution in [1.29, 1.82) is 0 Å². The second-order valence-corrected chi connectivity index (χ2v) is 7.01. The van der Waals surface area contributed by atoms with Gasteiger partial charge in [-0.15, -0.1) is 0 Å². The van der Waals surface area contributed by atoms with Crippen molar-refractivity contribution in [2.24, 2.45) is 5.92 Å². The van der Waals surface area contributed by atoms with Gasteiger partial charge in [-0.05, 0) is 50.1 Å². The molecule has 7 nitrogen and oxygen atoms in total. The molecule has 1 N–H and O–H groups in total. The minimum atomic E-state index is 0.114. The predicted molar refractivity (Wildman–Crippen MR) is 106 cm³/mol. The predicted octanol–water partition coefficient (Wildman–Crippen LogP) is 4.28. The van der Waals surface area contributed by atoms with Gasteiger partial charge in [-0.3, -0.25) is 4.79 Å². The number of aromatic nitrogens is 4. The Morgan fingerprint density at radius 1 is 1.14 bits per heavy atom. The van der Waals surface area contributed by atoms with Gasteiger partial charge in [0.25, 0.3) is 0 Å². The van der Waals surface area contributed by atoms with E-state index < -0.39 is 0 Å². The van der Waals surface area contributed by atoms with Gasteiger partial charge in [0, 0.05) is 30.1 Å². The van der Waals surface area contributed by atoms with Crippen molar-refractivity contribution in [2.45, 2.75) is 39.0 Å². The maximum absolute atomic E-state index is 12.4. The van der Waals surface area contributed by atoms with E-state index in [-0.39, 0.29) is 11.8 Å². The molecule has 7 heteroatoms. The van der Waals surface area contributed by atoms with Crippen LogP contribution in [0, 0.1) is 12.8 Å². The largest absolute Gasteiger partial charge is 0.439 e. The van der Waals surface area contributed by atoms with Crippen LogP contribution in [0.5, 0.6) is 11.6 Å². The summed E-state index contributed by atoms with van der Waals surface area (Å²) in [6.45, 7) is 1.81. The molecular formula is C21H23N5O2. The molecule has 3 aromatic rings. The van der Waals surface area contributed by atoms with E-state index in [1.165, 1.54) is 6.42 Å². The zero-order chi connectivity index (χ0) is 19.3. The Labute approximate surface area is 163 Å². The summed E-state index contributed by atoms with van der Waals surface area (Å²) in [5.74, 6) is 2.57. The van der Waals surface area contributed by atoms with Gasteiger partial charge in [0.15, 0.2) is 5.82 Å². The molecule has 28 heavy (non-hydrogen) atoms. The van der Waals surface area contributed by atoms with Gasteiger partial charge in [0.2, 0.25) is 11.8 Å². The molecule has 1 saturated carbocycles. The molecule has 0 radical (unpaired) electrons. The van der Waals surface area contributed by atoms with Crippen LogP contribution in [0.4, 0.5) is 5.69 Å². The molecule has 1 aliphatic carbocycles. The Morgan fingerprint density at radius 2 is 1.93 bits per heavy atom. The highest BCUT2D eigenvalue weighted by Crippen LogP contribution is 2.26. The zero-order valence-electron chi connectivity index (χ0n) is 15.8. The number of ether oxygens (including phenoxy) is 1. The number of hydrogen-bond acceptors (Lipinski definition) is 5. The first-order valence-electron chi connectivity index (χ1n) is 9.62. The summed E-state index contributed by atoms with van der Waals surface area (Å²) in [4.78, 5) is 21.1. The minimum absolute atomic E-state index is 0.114. The Hall–Kier alpha value is -3.22. The second kappa shape index (κ2) is 8.21. The van der Waals surface area contributed by atoms with Gasteiger partial charge in [-0.2, -0.15) is 10.1 Å². The van der Waals surface area contributed by atoms with Crippen molar-refractivity contribution in [2.75, 3.05) is 5.32 Å². The quantitative estimate of drug-likeness (QED) is 0.717. The van der Waals surface area contributed by atoms with Crippen LogP contribution in [0.2, 0.25) is 0 Å². The van der Waals surface area contributed by atoms with Crippen molar-refractivity contribution in [3.8, 4) is 17.4 Å². The van der Waals surface area contributed by atoms with Crippen LogP contribution in [0.3, 0.4) is 0 Å². The lowest BCUT2D eigenvalue weighted by Gasteiger charge is -2.20.